The van der Waals surface area contributed by atoms with Crippen LogP contribution in [0.3, 0.4) is 0 Å². The summed E-state index contributed by atoms with van der Waals surface area (Å²) in [4.78, 5) is 24.9. The molecule has 0 bridgehead atoms. The summed E-state index contributed by atoms with van der Waals surface area (Å²) in [6, 6.07) is 0. The van der Waals surface area contributed by atoms with Gasteiger partial charge in [-0.1, -0.05) is 20.8 Å². The largest absolute Gasteiger partial charge is 0.343 e. The Bertz CT molecular complexity index is 249. The molecular formula is C13H23NO2. The standard InChI is InChI=1S/C13H23NO2/c1-13(2,3)11(10-15)9-12(16)14-7-5-4-6-8-14/h10-11H,4-9H2,1-3H3. The molecule has 0 radical (unpaired) electrons. The molecule has 0 spiro atoms. The zero-order valence-corrected chi connectivity index (χ0v) is 10.7. The van der Waals surface area contributed by atoms with E-state index in [9.17, 15) is 9.59 Å². The molecule has 1 unspecified atom stereocenters. The van der Waals surface area contributed by atoms with Crippen molar-refractivity contribution in [3.05, 3.63) is 0 Å². The quantitative estimate of drug-likeness (QED) is 0.691. The van der Waals surface area contributed by atoms with Crippen LogP contribution in [0.5, 0.6) is 0 Å². The van der Waals surface area contributed by atoms with Gasteiger partial charge in [-0.3, -0.25) is 4.79 Å². The first-order chi connectivity index (χ1) is 7.45. The molecule has 1 rings (SSSR count). The molecule has 1 heterocycles. The Kier molecular flexibility index (Phi) is 4.51. The Morgan fingerprint density at radius 1 is 1.25 bits per heavy atom. The van der Waals surface area contributed by atoms with Crippen LogP contribution in [0.2, 0.25) is 0 Å². The van der Waals surface area contributed by atoms with Crippen molar-refractivity contribution in [2.24, 2.45) is 11.3 Å². The summed E-state index contributed by atoms with van der Waals surface area (Å²) in [7, 11) is 0. The van der Waals surface area contributed by atoms with E-state index < -0.39 is 0 Å². The van der Waals surface area contributed by atoms with Gasteiger partial charge in [0, 0.05) is 25.4 Å². The minimum absolute atomic E-state index is 0.118. The fourth-order valence-corrected chi connectivity index (χ4v) is 2.02. The number of hydrogen-bond donors (Lipinski definition) is 0. The number of piperidine rings is 1. The minimum atomic E-state index is -0.165. The monoisotopic (exact) mass is 225 g/mol. The number of rotatable bonds is 3. The van der Waals surface area contributed by atoms with Gasteiger partial charge in [0.15, 0.2) is 0 Å². The van der Waals surface area contributed by atoms with Crippen LogP contribution in [0.15, 0.2) is 0 Å². The van der Waals surface area contributed by atoms with E-state index in [4.69, 9.17) is 0 Å². The highest BCUT2D eigenvalue weighted by molar-refractivity contribution is 5.79. The first-order valence-corrected chi connectivity index (χ1v) is 6.18. The van der Waals surface area contributed by atoms with E-state index in [1.165, 1.54) is 6.42 Å². The molecule has 1 amide bonds. The van der Waals surface area contributed by atoms with Crippen LogP contribution >= 0.6 is 0 Å². The Balaban J connectivity index is 2.51. The third-order valence-corrected chi connectivity index (χ3v) is 3.38. The lowest BCUT2D eigenvalue weighted by Crippen LogP contribution is -2.38. The molecule has 3 nitrogen and oxygen atoms in total. The highest BCUT2D eigenvalue weighted by atomic mass is 16.2. The molecule has 0 aromatic carbocycles. The molecule has 0 saturated carbocycles. The summed E-state index contributed by atoms with van der Waals surface area (Å²) >= 11 is 0. The number of nitrogens with zero attached hydrogens (tertiary/aromatic N) is 1. The molecule has 0 aromatic rings. The van der Waals surface area contributed by atoms with Crippen LogP contribution < -0.4 is 0 Å². The maximum atomic E-state index is 12.0. The molecule has 92 valence electrons. The average molecular weight is 225 g/mol. The molecule has 3 heteroatoms. The summed E-state index contributed by atoms with van der Waals surface area (Å²) in [6.07, 6.45) is 4.73. The van der Waals surface area contributed by atoms with E-state index in [0.29, 0.717) is 6.42 Å². The van der Waals surface area contributed by atoms with Crippen LogP contribution in [-0.4, -0.2) is 30.2 Å². The molecule has 0 aromatic heterocycles. The number of carbonyl (C=O) groups is 2. The second-order valence-electron chi connectivity index (χ2n) is 5.75. The summed E-state index contributed by atoms with van der Waals surface area (Å²) in [6.45, 7) is 7.77. The normalized spacial score (nSPS) is 19.3. The molecule has 1 atom stereocenters. The van der Waals surface area contributed by atoms with Gasteiger partial charge in [-0.15, -0.1) is 0 Å². The van der Waals surface area contributed by atoms with Crippen molar-refractivity contribution in [3.63, 3.8) is 0 Å². The average Bonchev–Trinajstić information content (AvgIpc) is 2.25. The molecular weight excluding hydrogens is 202 g/mol. The molecule has 1 aliphatic heterocycles. The van der Waals surface area contributed by atoms with Gasteiger partial charge in [-0.25, -0.2) is 0 Å². The van der Waals surface area contributed by atoms with Gasteiger partial charge < -0.3 is 9.69 Å². The van der Waals surface area contributed by atoms with Crippen molar-refractivity contribution in [2.45, 2.75) is 46.5 Å². The number of carbonyl (C=O) groups excluding carboxylic acids is 2. The highest BCUT2D eigenvalue weighted by Gasteiger charge is 2.28. The molecule has 1 fully saturated rings. The van der Waals surface area contributed by atoms with Crippen LogP contribution in [0.25, 0.3) is 0 Å². The molecule has 16 heavy (non-hydrogen) atoms. The predicted molar refractivity (Wildman–Crippen MR) is 64.1 cm³/mol. The van der Waals surface area contributed by atoms with Crippen LogP contribution in [0.1, 0.15) is 46.5 Å². The Hall–Kier alpha value is -0.860. The molecule has 0 N–H and O–H groups in total. The van der Waals surface area contributed by atoms with E-state index in [2.05, 4.69) is 0 Å². The zero-order chi connectivity index (χ0) is 12.2. The van der Waals surface area contributed by atoms with Gasteiger partial charge >= 0.3 is 0 Å². The summed E-state index contributed by atoms with van der Waals surface area (Å²) < 4.78 is 0. The Labute approximate surface area is 98.2 Å². The smallest absolute Gasteiger partial charge is 0.223 e. The molecule has 1 aliphatic rings. The van der Waals surface area contributed by atoms with Gasteiger partial charge in [0.2, 0.25) is 5.91 Å². The van der Waals surface area contributed by atoms with Crippen molar-refractivity contribution in [2.75, 3.05) is 13.1 Å². The van der Waals surface area contributed by atoms with Gasteiger partial charge in [0.1, 0.15) is 6.29 Å². The van der Waals surface area contributed by atoms with E-state index in [0.717, 1.165) is 32.2 Å². The third kappa shape index (κ3) is 3.62. The number of aldehydes is 1. The lowest BCUT2D eigenvalue weighted by Gasteiger charge is -2.31. The topological polar surface area (TPSA) is 37.4 Å². The zero-order valence-electron chi connectivity index (χ0n) is 10.7. The van der Waals surface area contributed by atoms with Crippen molar-refractivity contribution in [1.29, 1.82) is 0 Å². The number of amides is 1. The predicted octanol–water partition coefficient (Wildman–Crippen LogP) is 2.25. The lowest BCUT2D eigenvalue weighted by molar-refractivity contribution is -0.135. The third-order valence-electron chi connectivity index (χ3n) is 3.38. The summed E-state index contributed by atoms with van der Waals surface area (Å²) in [5.41, 5.74) is -0.118. The lowest BCUT2D eigenvalue weighted by atomic mass is 9.79. The van der Waals surface area contributed by atoms with E-state index in [1.807, 2.05) is 25.7 Å². The van der Waals surface area contributed by atoms with Crippen LogP contribution in [0, 0.1) is 11.3 Å². The Morgan fingerprint density at radius 3 is 2.25 bits per heavy atom. The van der Waals surface area contributed by atoms with Gasteiger partial charge in [0.25, 0.3) is 0 Å². The van der Waals surface area contributed by atoms with E-state index in [1.54, 1.807) is 0 Å². The summed E-state index contributed by atoms with van der Waals surface area (Å²) in [5.74, 6) is -0.0198. The van der Waals surface area contributed by atoms with Gasteiger partial charge in [-0.2, -0.15) is 0 Å². The van der Waals surface area contributed by atoms with Crippen LogP contribution in [0.4, 0.5) is 0 Å². The first kappa shape index (κ1) is 13.2. The van der Waals surface area contributed by atoms with Crippen molar-refractivity contribution < 1.29 is 9.59 Å². The second kappa shape index (κ2) is 5.46. The molecule has 1 saturated heterocycles. The minimum Gasteiger partial charge on any atom is -0.343 e. The summed E-state index contributed by atoms with van der Waals surface area (Å²) in [5, 5.41) is 0. The van der Waals surface area contributed by atoms with E-state index in [-0.39, 0.29) is 17.2 Å². The molecule has 0 aliphatic carbocycles. The van der Waals surface area contributed by atoms with Gasteiger partial charge in [0.05, 0.1) is 0 Å². The maximum Gasteiger partial charge on any atom is 0.223 e. The highest BCUT2D eigenvalue weighted by Crippen LogP contribution is 2.27. The van der Waals surface area contributed by atoms with Gasteiger partial charge in [-0.05, 0) is 24.7 Å². The first-order valence-electron chi connectivity index (χ1n) is 6.18. The van der Waals surface area contributed by atoms with Crippen LogP contribution in [-0.2, 0) is 9.59 Å². The number of likely N-dealkylation sites (tertiary alicyclic amines) is 1. The SMILES string of the molecule is CC(C)(C)C(C=O)CC(=O)N1CCCCC1. The van der Waals surface area contributed by atoms with Crippen molar-refractivity contribution >= 4 is 12.2 Å². The fourth-order valence-electron chi connectivity index (χ4n) is 2.02. The van der Waals surface area contributed by atoms with Crippen molar-refractivity contribution in [3.8, 4) is 0 Å². The maximum absolute atomic E-state index is 12.0. The number of hydrogen-bond acceptors (Lipinski definition) is 2. The second-order valence-corrected chi connectivity index (χ2v) is 5.75. The van der Waals surface area contributed by atoms with Crippen molar-refractivity contribution in [1.82, 2.24) is 4.90 Å². The fraction of sp³-hybridized carbons (Fsp3) is 0.846. The van der Waals surface area contributed by atoms with E-state index >= 15 is 0 Å². The Morgan fingerprint density at radius 2 is 1.81 bits per heavy atom.